The summed E-state index contributed by atoms with van der Waals surface area (Å²) >= 11 is 0. The van der Waals surface area contributed by atoms with E-state index < -0.39 is 11.6 Å². The van der Waals surface area contributed by atoms with Gasteiger partial charge in [0.15, 0.2) is 5.60 Å². The molecule has 0 aliphatic heterocycles. The summed E-state index contributed by atoms with van der Waals surface area (Å²) in [6, 6.07) is 23.1. The molecule has 0 saturated carbocycles. The zero-order chi connectivity index (χ0) is 26.6. The van der Waals surface area contributed by atoms with Crippen molar-refractivity contribution in [2.75, 3.05) is 7.11 Å². The smallest absolute Gasteiger partial charge is 0.335 e. The maximum atomic E-state index is 13.4. The Morgan fingerprint density at radius 3 is 2.32 bits per heavy atom. The fourth-order valence-electron chi connectivity index (χ4n) is 3.96. The van der Waals surface area contributed by atoms with Gasteiger partial charge < -0.3 is 19.1 Å². The number of carbonyl (C=O) groups is 2. The molecule has 0 spiro atoms. The Labute approximate surface area is 216 Å². The van der Waals surface area contributed by atoms with Crippen molar-refractivity contribution in [3.05, 3.63) is 107 Å². The number of fused-ring (bicyclic) bond motifs is 1. The molecule has 1 N–H and O–H groups in total. The van der Waals surface area contributed by atoms with Crippen molar-refractivity contribution in [3.63, 3.8) is 0 Å². The van der Waals surface area contributed by atoms with E-state index in [0.29, 0.717) is 17.8 Å². The standard InChI is InChI=1S/C31H31NO5/c1-21-7-13-24(14-8-21)29(33)28-19-25-18-26(36-4)15-16-27(25)32(28)17-5-6-22-9-11-23(12-10-22)20-37-31(2,3)30(34)35/h5-16,18-19H,17,20H2,1-4H3,(H,34,35). The first kappa shape index (κ1) is 25.9. The van der Waals surface area contributed by atoms with Crippen LogP contribution in [-0.4, -0.2) is 34.1 Å². The van der Waals surface area contributed by atoms with Gasteiger partial charge in [0.05, 0.1) is 19.4 Å². The third-order valence-electron chi connectivity index (χ3n) is 6.35. The van der Waals surface area contributed by atoms with E-state index in [9.17, 15) is 14.7 Å². The normalized spacial score (nSPS) is 11.8. The van der Waals surface area contributed by atoms with Gasteiger partial charge in [0.2, 0.25) is 5.78 Å². The largest absolute Gasteiger partial charge is 0.497 e. The van der Waals surface area contributed by atoms with E-state index >= 15 is 0 Å². The molecule has 6 nitrogen and oxygen atoms in total. The van der Waals surface area contributed by atoms with Gasteiger partial charge >= 0.3 is 5.97 Å². The third-order valence-corrected chi connectivity index (χ3v) is 6.35. The van der Waals surface area contributed by atoms with Gasteiger partial charge in [0, 0.05) is 23.0 Å². The molecule has 0 bridgehead atoms. The number of ether oxygens (including phenoxy) is 2. The fourth-order valence-corrected chi connectivity index (χ4v) is 3.96. The van der Waals surface area contributed by atoms with Crippen molar-refractivity contribution in [2.24, 2.45) is 0 Å². The number of methoxy groups -OCH3 is 1. The van der Waals surface area contributed by atoms with Gasteiger partial charge in [-0.05, 0) is 56.2 Å². The van der Waals surface area contributed by atoms with Crippen LogP contribution >= 0.6 is 0 Å². The van der Waals surface area contributed by atoms with Crippen LogP contribution in [0, 0.1) is 6.92 Å². The predicted molar refractivity (Wildman–Crippen MR) is 145 cm³/mol. The van der Waals surface area contributed by atoms with Crippen molar-refractivity contribution >= 4 is 28.7 Å². The lowest BCUT2D eigenvalue weighted by molar-refractivity contribution is -0.162. The summed E-state index contributed by atoms with van der Waals surface area (Å²) in [5.41, 5.74) is 3.96. The van der Waals surface area contributed by atoms with Crippen LogP contribution in [0.4, 0.5) is 0 Å². The topological polar surface area (TPSA) is 77.8 Å². The summed E-state index contributed by atoms with van der Waals surface area (Å²) in [7, 11) is 1.63. The van der Waals surface area contributed by atoms with Crippen LogP contribution in [0.2, 0.25) is 0 Å². The summed E-state index contributed by atoms with van der Waals surface area (Å²) in [6.07, 6.45) is 4.02. The second-order valence-electron chi connectivity index (χ2n) is 9.51. The Hall–Kier alpha value is -4.16. The third kappa shape index (κ3) is 5.98. The lowest BCUT2D eigenvalue weighted by Crippen LogP contribution is -2.34. The summed E-state index contributed by atoms with van der Waals surface area (Å²) in [4.78, 5) is 24.6. The maximum absolute atomic E-state index is 13.4. The van der Waals surface area contributed by atoms with Crippen LogP contribution in [0.1, 0.15) is 46.6 Å². The molecular formula is C31H31NO5. The number of aliphatic carboxylic acids is 1. The highest BCUT2D eigenvalue weighted by Gasteiger charge is 2.27. The maximum Gasteiger partial charge on any atom is 0.335 e. The first-order valence-electron chi connectivity index (χ1n) is 12.1. The Morgan fingerprint density at radius 1 is 0.973 bits per heavy atom. The minimum absolute atomic E-state index is 0.0304. The SMILES string of the molecule is COc1ccc2c(c1)cc(C(=O)c1ccc(C)cc1)n2CC=Cc1ccc(COC(C)(C)C(=O)O)cc1. The number of aromatic nitrogens is 1. The molecule has 0 fully saturated rings. The van der Waals surface area contributed by atoms with E-state index in [1.165, 1.54) is 13.8 Å². The first-order valence-corrected chi connectivity index (χ1v) is 12.1. The minimum atomic E-state index is -1.24. The molecule has 4 aromatic rings. The molecule has 1 aromatic heterocycles. The number of ketones is 1. The average Bonchev–Trinajstić information content (AvgIpc) is 3.25. The summed E-state index contributed by atoms with van der Waals surface area (Å²) < 4.78 is 12.9. The van der Waals surface area contributed by atoms with Crippen LogP contribution < -0.4 is 4.74 Å². The van der Waals surface area contributed by atoms with Crippen LogP contribution in [0.15, 0.2) is 78.9 Å². The molecule has 0 radical (unpaired) electrons. The second kappa shape index (κ2) is 10.8. The Bertz CT molecular complexity index is 1440. The zero-order valence-corrected chi connectivity index (χ0v) is 21.5. The highest BCUT2D eigenvalue weighted by Crippen LogP contribution is 2.27. The number of carboxylic acid groups (broad SMARTS) is 1. The lowest BCUT2D eigenvalue weighted by atomic mass is 10.1. The van der Waals surface area contributed by atoms with Crippen molar-refractivity contribution in [3.8, 4) is 5.75 Å². The Balaban J connectivity index is 1.55. The van der Waals surface area contributed by atoms with Crippen LogP contribution in [-0.2, 0) is 22.7 Å². The molecule has 3 aromatic carbocycles. The molecule has 0 amide bonds. The predicted octanol–water partition coefficient (Wildman–Crippen LogP) is 6.28. The number of benzene rings is 3. The van der Waals surface area contributed by atoms with Crippen LogP contribution in [0.5, 0.6) is 5.75 Å². The second-order valence-corrected chi connectivity index (χ2v) is 9.51. The molecule has 37 heavy (non-hydrogen) atoms. The van der Waals surface area contributed by atoms with E-state index in [4.69, 9.17) is 9.47 Å². The molecule has 0 aliphatic carbocycles. The monoisotopic (exact) mass is 497 g/mol. The van der Waals surface area contributed by atoms with Crippen molar-refractivity contribution < 1.29 is 24.2 Å². The molecule has 0 unspecified atom stereocenters. The van der Waals surface area contributed by atoms with E-state index in [-0.39, 0.29) is 12.4 Å². The van der Waals surface area contributed by atoms with E-state index in [0.717, 1.165) is 33.3 Å². The number of nitrogens with zero attached hydrogens (tertiary/aromatic N) is 1. The van der Waals surface area contributed by atoms with E-state index in [1.807, 2.05) is 96.4 Å². The number of aryl methyl sites for hydroxylation is 1. The molecule has 6 heteroatoms. The molecule has 0 saturated heterocycles. The van der Waals surface area contributed by atoms with Crippen molar-refractivity contribution in [1.82, 2.24) is 4.57 Å². The van der Waals surface area contributed by atoms with Crippen molar-refractivity contribution in [1.29, 1.82) is 0 Å². The van der Waals surface area contributed by atoms with Gasteiger partial charge in [-0.25, -0.2) is 4.79 Å². The molecule has 1 heterocycles. The summed E-state index contributed by atoms with van der Waals surface area (Å²) in [6.45, 7) is 5.79. The number of carboxylic acids is 1. The molecule has 4 rings (SSSR count). The summed E-state index contributed by atoms with van der Waals surface area (Å²) in [5.74, 6) is -0.286. The summed E-state index contributed by atoms with van der Waals surface area (Å²) in [5, 5.41) is 10.1. The Kier molecular flexibility index (Phi) is 7.60. The first-order chi connectivity index (χ1) is 17.7. The fraction of sp³-hybridized carbons (Fsp3) is 0.226. The molecule has 0 aliphatic rings. The molecule has 0 atom stereocenters. The highest BCUT2D eigenvalue weighted by molar-refractivity contribution is 6.10. The van der Waals surface area contributed by atoms with Crippen molar-refractivity contribution in [2.45, 2.75) is 39.5 Å². The van der Waals surface area contributed by atoms with Gasteiger partial charge in [-0.3, -0.25) is 4.79 Å². The lowest BCUT2D eigenvalue weighted by Gasteiger charge is -2.20. The minimum Gasteiger partial charge on any atom is -0.497 e. The van der Waals surface area contributed by atoms with Gasteiger partial charge in [0.25, 0.3) is 0 Å². The van der Waals surface area contributed by atoms with E-state index in [2.05, 4.69) is 0 Å². The van der Waals surface area contributed by atoms with Gasteiger partial charge in [0.1, 0.15) is 5.75 Å². The van der Waals surface area contributed by atoms with E-state index in [1.54, 1.807) is 7.11 Å². The van der Waals surface area contributed by atoms with Gasteiger partial charge in [-0.2, -0.15) is 0 Å². The van der Waals surface area contributed by atoms with Crippen LogP contribution in [0.3, 0.4) is 0 Å². The zero-order valence-electron chi connectivity index (χ0n) is 21.5. The van der Waals surface area contributed by atoms with Gasteiger partial charge in [-0.15, -0.1) is 0 Å². The highest BCUT2D eigenvalue weighted by atomic mass is 16.5. The van der Waals surface area contributed by atoms with Gasteiger partial charge in [-0.1, -0.05) is 66.2 Å². The number of carbonyl (C=O) groups excluding carboxylic acids is 1. The van der Waals surface area contributed by atoms with Crippen LogP contribution in [0.25, 0.3) is 17.0 Å². The number of rotatable bonds is 10. The molecular weight excluding hydrogens is 466 g/mol. The average molecular weight is 498 g/mol. The molecule has 190 valence electrons. The number of hydrogen-bond acceptors (Lipinski definition) is 4. The number of hydrogen-bond donors (Lipinski definition) is 1. The number of allylic oxidation sites excluding steroid dienone is 1. The Morgan fingerprint density at radius 2 is 1.68 bits per heavy atom. The quantitative estimate of drug-likeness (QED) is 0.261.